The van der Waals surface area contributed by atoms with Crippen LogP contribution in [0.2, 0.25) is 0 Å². The first-order chi connectivity index (χ1) is 16.1. The second-order valence-electron chi connectivity index (χ2n) is 8.76. The first kappa shape index (κ1) is 22.0. The van der Waals surface area contributed by atoms with Crippen LogP contribution in [0.3, 0.4) is 0 Å². The fraction of sp³-hybridized carbons (Fsp3) is 0.296. The molecule has 0 saturated carbocycles. The zero-order valence-electron chi connectivity index (χ0n) is 18.8. The molecule has 1 aliphatic carbocycles. The Balaban J connectivity index is 1.27. The largest absolute Gasteiger partial charge is 0.448 e. The highest BCUT2D eigenvalue weighted by atomic mass is 32.1. The van der Waals surface area contributed by atoms with Gasteiger partial charge in [0.2, 0.25) is 0 Å². The summed E-state index contributed by atoms with van der Waals surface area (Å²) in [4.78, 5) is 16.0. The number of piperazine rings is 1. The van der Waals surface area contributed by atoms with Gasteiger partial charge in [-0.05, 0) is 52.4 Å². The maximum atomic E-state index is 12.7. The molecule has 0 radical (unpaired) electrons. The smallest absolute Gasteiger partial charge is 0.411 e. The van der Waals surface area contributed by atoms with Crippen molar-refractivity contribution in [1.82, 2.24) is 10.2 Å². The standard InChI is InChI=1S/C27H29N3O2S/c1-18-19(16-30-12-10-28-11-13-30)14-20(15-26(18)33)29-27(31)32-17-25-23-8-4-2-6-21(23)22-7-3-5-9-24(22)25/h2-9,14-15,25,28,33H,10-13,16-17H2,1H3,(H,29,31). The fourth-order valence-electron chi connectivity index (χ4n) is 4.86. The first-order valence-corrected chi connectivity index (χ1v) is 11.9. The number of fused-ring (bicyclic) bond motifs is 3. The van der Waals surface area contributed by atoms with Gasteiger partial charge >= 0.3 is 6.09 Å². The highest BCUT2D eigenvalue weighted by Crippen LogP contribution is 2.44. The summed E-state index contributed by atoms with van der Waals surface area (Å²) in [5, 5.41) is 6.30. The second kappa shape index (κ2) is 9.59. The molecule has 1 fully saturated rings. The third-order valence-electron chi connectivity index (χ3n) is 6.68. The van der Waals surface area contributed by atoms with E-state index in [4.69, 9.17) is 4.74 Å². The van der Waals surface area contributed by atoms with Gasteiger partial charge in [-0.1, -0.05) is 48.5 Å². The average Bonchev–Trinajstić information content (AvgIpc) is 3.15. The van der Waals surface area contributed by atoms with Crippen LogP contribution in [-0.4, -0.2) is 43.8 Å². The number of hydrogen-bond acceptors (Lipinski definition) is 5. The lowest BCUT2D eigenvalue weighted by atomic mass is 9.98. The third kappa shape index (κ3) is 4.64. The van der Waals surface area contributed by atoms with Gasteiger partial charge in [0.05, 0.1) is 0 Å². The van der Waals surface area contributed by atoms with Crippen molar-refractivity contribution in [1.29, 1.82) is 0 Å². The van der Waals surface area contributed by atoms with Crippen molar-refractivity contribution in [3.05, 3.63) is 82.9 Å². The zero-order chi connectivity index (χ0) is 22.8. The zero-order valence-corrected chi connectivity index (χ0v) is 19.7. The van der Waals surface area contributed by atoms with Crippen molar-refractivity contribution in [2.75, 3.05) is 38.1 Å². The quantitative estimate of drug-likeness (QED) is 0.468. The highest BCUT2D eigenvalue weighted by Gasteiger charge is 2.29. The lowest BCUT2D eigenvalue weighted by molar-refractivity contribution is 0.158. The Morgan fingerprint density at radius 1 is 1.06 bits per heavy atom. The molecule has 3 aromatic carbocycles. The maximum absolute atomic E-state index is 12.7. The number of carbonyl (C=O) groups is 1. The van der Waals surface area contributed by atoms with Gasteiger partial charge < -0.3 is 10.1 Å². The van der Waals surface area contributed by atoms with Crippen LogP contribution in [0.25, 0.3) is 11.1 Å². The molecule has 0 spiro atoms. The van der Waals surface area contributed by atoms with Gasteiger partial charge in [-0.3, -0.25) is 10.2 Å². The van der Waals surface area contributed by atoms with E-state index in [9.17, 15) is 4.79 Å². The summed E-state index contributed by atoms with van der Waals surface area (Å²) in [6, 6.07) is 20.6. The predicted octanol–water partition coefficient (Wildman–Crippen LogP) is 5.05. The minimum Gasteiger partial charge on any atom is -0.448 e. The molecule has 5 nitrogen and oxygen atoms in total. The number of amides is 1. The van der Waals surface area contributed by atoms with E-state index < -0.39 is 6.09 Å². The molecule has 5 rings (SSSR count). The number of ether oxygens (including phenoxy) is 1. The van der Waals surface area contributed by atoms with Crippen LogP contribution < -0.4 is 10.6 Å². The number of carbonyl (C=O) groups excluding carboxylic acids is 1. The molecule has 2 N–H and O–H groups in total. The monoisotopic (exact) mass is 459 g/mol. The van der Waals surface area contributed by atoms with Crippen LogP contribution in [0.4, 0.5) is 10.5 Å². The number of anilines is 1. The van der Waals surface area contributed by atoms with Crippen molar-refractivity contribution in [2.45, 2.75) is 24.3 Å². The minimum absolute atomic E-state index is 0.0462. The summed E-state index contributed by atoms with van der Waals surface area (Å²) < 4.78 is 5.71. The molecule has 1 saturated heterocycles. The molecular weight excluding hydrogens is 430 g/mol. The Labute approximate surface area is 200 Å². The Morgan fingerprint density at radius 3 is 2.36 bits per heavy atom. The summed E-state index contributed by atoms with van der Waals surface area (Å²) in [5.74, 6) is 0.0462. The molecule has 1 amide bonds. The topological polar surface area (TPSA) is 53.6 Å². The van der Waals surface area contributed by atoms with Crippen molar-refractivity contribution in [3.63, 3.8) is 0 Å². The number of nitrogens with zero attached hydrogens (tertiary/aromatic N) is 1. The third-order valence-corrected chi connectivity index (χ3v) is 7.15. The molecule has 0 unspecified atom stereocenters. The van der Waals surface area contributed by atoms with Gasteiger partial charge in [-0.2, -0.15) is 0 Å². The van der Waals surface area contributed by atoms with E-state index in [0.717, 1.165) is 43.2 Å². The van der Waals surface area contributed by atoms with Crippen LogP contribution >= 0.6 is 12.6 Å². The molecule has 1 heterocycles. The summed E-state index contributed by atoms with van der Waals surface area (Å²) in [7, 11) is 0. The van der Waals surface area contributed by atoms with Crippen molar-refractivity contribution in [3.8, 4) is 11.1 Å². The molecule has 6 heteroatoms. The van der Waals surface area contributed by atoms with E-state index in [1.54, 1.807) is 0 Å². The van der Waals surface area contributed by atoms with E-state index in [0.29, 0.717) is 12.3 Å². The Hall–Kier alpha value is -2.80. The summed E-state index contributed by atoms with van der Waals surface area (Å²) in [6.45, 7) is 7.27. The maximum Gasteiger partial charge on any atom is 0.411 e. The molecule has 170 valence electrons. The lowest BCUT2D eigenvalue weighted by Gasteiger charge is -2.28. The van der Waals surface area contributed by atoms with Crippen LogP contribution in [0.1, 0.15) is 28.2 Å². The molecular formula is C27H29N3O2S. The van der Waals surface area contributed by atoms with E-state index in [-0.39, 0.29) is 5.92 Å². The van der Waals surface area contributed by atoms with Gasteiger partial charge in [0.25, 0.3) is 0 Å². The number of benzene rings is 3. The molecule has 0 aromatic heterocycles. The van der Waals surface area contributed by atoms with Crippen molar-refractivity contribution >= 4 is 24.4 Å². The summed E-state index contributed by atoms with van der Waals surface area (Å²) >= 11 is 4.64. The van der Waals surface area contributed by atoms with Crippen LogP contribution in [-0.2, 0) is 11.3 Å². The Bertz CT molecular complexity index is 1130. The summed E-state index contributed by atoms with van der Waals surface area (Å²) in [5.41, 5.74) is 7.90. The van der Waals surface area contributed by atoms with E-state index >= 15 is 0 Å². The van der Waals surface area contributed by atoms with E-state index in [1.807, 2.05) is 24.3 Å². The van der Waals surface area contributed by atoms with Gasteiger partial charge in [0, 0.05) is 49.2 Å². The summed E-state index contributed by atoms with van der Waals surface area (Å²) in [6.07, 6.45) is -0.443. The molecule has 0 atom stereocenters. The molecule has 33 heavy (non-hydrogen) atoms. The number of nitrogens with one attached hydrogen (secondary N) is 2. The number of rotatable bonds is 5. The fourth-order valence-corrected chi connectivity index (χ4v) is 5.14. The Morgan fingerprint density at radius 2 is 1.70 bits per heavy atom. The average molecular weight is 460 g/mol. The Kier molecular flexibility index (Phi) is 6.40. The minimum atomic E-state index is -0.443. The van der Waals surface area contributed by atoms with E-state index in [1.165, 1.54) is 27.8 Å². The van der Waals surface area contributed by atoms with Gasteiger partial charge in [-0.25, -0.2) is 4.79 Å². The lowest BCUT2D eigenvalue weighted by Crippen LogP contribution is -2.43. The van der Waals surface area contributed by atoms with Crippen molar-refractivity contribution in [2.24, 2.45) is 0 Å². The van der Waals surface area contributed by atoms with Crippen LogP contribution in [0.15, 0.2) is 65.6 Å². The van der Waals surface area contributed by atoms with Crippen LogP contribution in [0, 0.1) is 6.92 Å². The second-order valence-corrected chi connectivity index (χ2v) is 9.24. The van der Waals surface area contributed by atoms with Gasteiger partial charge in [-0.15, -0.1) is 12.6 Å². The molecule has 2 aliphatic rings. The first-order valence-electron chi connectivity index (χ1n) is 11.5. The normalized spacial score (nSPS) is 15.7. The number of hydrogen-bond donors (Lipinski definition) is 3. The van der Waals surface area contributed by atoms with E-state index in [2.05, 4.69) is 71.5 Å². The SMILES string of the molecule is Cc1c(S)cc(NC(=O)OCC2c3ccccc3-c3ccccc32)cc1CN1CCNCC1. The highest BCUT2D eigenvalue weighted by molar-refractivity contribution is 7.80. The molecule has 1 aliphatic heterocycles. The number of thiol groups is 1. The van der Waals surface area contributed by atoms with Gasteiger partial charge in [0.15, 0.2) is 0 Å². The predicted molar refractivity (Wildman–Crippen MR) is 135 cm³/mol. The molecule has 3 aromatic rings. The molecule has 0 bridgehead atoms. The van der Waals surface area contributed by atoms with Crippen LogP contribution in [0.5, 0.6) is 0 Å². The van der Waals surface area contributed by atoms with Crippen molar-refractivity contribution < 1.29 is 9.53 Å². The van der Waals surface area contributed by atoms with Gasteiger partial charge in [0.1, 0.15) is 6.61 Å².